The smallest absolute Gasteiger partial charge is 0.238 e. The van der Waals surface area contributed by atoms with Crippen molar-refractivity contribution in [1.29, 1.82) is 0 Å². The third-order valence-corrected chi connectivity index (χ3v) is 6.85. The van der Waals surface area contributed by atoms with Crippen molar-refractivity contribution >= 4 is 38.7 Å². The molecule has 160 valence electrons. The number of fused-ring (bicyclic) bond motifs is 1. The third-order valence-electron chi connectivity index (χ3n) is 4.98. The van der Waals surface area contributed by atoms with Gasteiger partial charge in [0.05, 0.1) is 27.7 Å². The maximum Gasteiger partial charge on any atom is 0.238 e. The first-order chi connectivity index (χ1) is 14.1. The minimum absolute atomic E-state index is 0.00349. The van der Waals surface area contributed by atoms with E-state index in [1.54, 1.807) is 30.1 Å². The van der Waals surface area contributed by atoms with Crippen molar-refractivity contribution in [3.8, 4) is 0 Å². The highest BCUT2D eigenvalue weighted by molar-refractivity contribution is 7.99. The summed E-state index contributed by atoms with van der Waals surface area (Å²) in [6.45, 7) is 4.44. The Morgan fingerprint density at radius 2 is 1.93 bits per heavy atom. The van der Waals surface area contributed by atoms with Gasteiger partial charge in [0.15, 0.2) is 5.16 Å². The molecule has 3 rings (SSSR count). The van der Waals surface area contributed by atoms with Gasteiger partial charge in [-0.05, 0) is 49.7 Å². The molecule has 0 saturated carbocycles. The maximum atomic E-state index is 13.1. The Morgan fingerprint density at radius 3 is 2.53 bits per heavy atom. The van der Waals surface area contributed by atoms with Gasteiger partial charge in [-0.15, -0.1) is 0 Å². The van der Waals surface area contributed by atoms with Crippen molar-refractivity contribution in [3.05, 3.63) is 53.8 Å². The third kappa shape index (κ3) is 4.66. The van der Waals surface area contributed by atoms with Gasteiger partial charge >= 0.3 is 0 Å². The fraction of sp³-hybridized carbons (Fsp3) is 0.300. The molecule has 1 amide bonds. The molecule has 0 bridgehead atoms. The average molecular weight is 451 g/mol. The van der Waals surface area contributed by atoms with Gasteiger partial charge < -0.3 is 9.47 Å². The normalized spacial score (nSPS) is 12.8. The monoisotopic (exact) mass is 450 g/mol. The molecule has 7 nitrogen and oxygen atoms in total. The zero-order chi connectivity index (χ0) is 22.1. The number of carbonyl (C=O) groups excluding carboxylic acids is 1. The van der Waals surface area contributed by atoms with Gasteiger partial charge in [-0.25, -0.2) is 22.9 Å². The van der Waals surface area contributed by atoms with Gasteiger partial charge in [0, 0.05) is 13.6 Å². The highest BCUT2D eigenvalue weighted by Crippen LogP contribution is 2.27. The van der Waals surface area contributed by atoms with E-state index in [4.69, 9.17) is 5.14 Å². The van der Waals surface area contributed by atoms with Crippen molar-refractivity contribution in [3.63, 3.8) is 0 Å². The SMILES string of the molecule is CCn1c(SCC(=O)N(C)C(C)c2ccc(F)cc2)nc2cc(S(N)(=O)=O)ccc21. The largest absolute Gasteiger partial charge is 0.338 e. The molecular formula is C20H23FN4O3S2. The molecule has 0 spiro atoms. The molecule has 10 heteroatoms. The summed E-state index contributed by atoms with van der Waals surface area (Å²) in [6, 6.07) is 10.4. The number of halogens is 1. The van der Waals surface area contributed by atoms with E-state index in [1.165, 1.54) is 36.0 Å². The van der Waals surface area contributed by atoms with Crippen molar-refractivity contribution in [1.82, 2.24) is 14.5 Å². The molecular weight excluding hydrogens is 427 g/mol. The predicted molar refractivity (Wildman–Crippen MR) is 115 cm³/mol. The first-order valence-electron chi connectivity index (χ1n) is 9.28. The van der Waals surface area contributed by atoms with Gasteiger partial charge in [0.2, 0.25) is 15.9 Å². The number of sulfonamides is 1. The number of hydrogen-bond donors (Lipinski definition) is 1. The molecule has 1 aromatic heterocycles. The average Bonchev–Trinajstić information content (AvgIpc) is 3.07. The second-order valence-corrected chi connectivity index (χ2v) is 9.36. The van der Waals surface area contributed by atoms with Crippen LogP contribution in [0, 0.1) is 5.82 Å². The van der Waals surface area contributed by atoms with E-state index in [0.717, 1.165) is 11.1 Å². The minimum Gasteiger partial charge on any atom is -0.338 e. The van der Waals surface area contributed by atoms with Crippen LogP contribution in [-0.4, -0.2) is 41.6 Å². The van der Waals surface area contributed by atoms with Gasteiger partial charge in [-0.3, -0.25) is 4.79 Å². The van der Waals surface area contributed by atoms with E-state index in [0.29, 0.717) is 17.2 Å². The molecule has 0 saturated heterocycles. The molecule has 0 fully saturated rings. The lowest BCUT2D eigenvalue weighted by Gasteiger charge is -2.25. The highest BCUT2D eigenvalue weighted by atomic mass is 32.2. The number of hydrogen-bond acceptors (Lipinski definition) is 5. The van der Waals surface area contributed by atoms with Crippen LogP contribution in [0.2, 0.25) is 0 Å². The van der Waals surface area contributed by atoms with E-state index in [2.05, 4.69) is 4.98 Å². The number of thioether (sulfide) groups is 1. The number of nitrogens with two attached hydrogens (primary N) is 1. The highest BCUT2D eigenvalue weighted by Gasteiger charge is 2.20. The first-order valence-corrected chi connectivity index (χ1v) is 11.8. The van der Waals surface area contributed by atoms with Gasteiger partial charge in [0.1, 0.15) is 5.82 Å². The summed E-state index contributed by atoms with van der Waals surface area (Å²) in [5.41, 5.74) is 2.12. The van der Waals surface area contributed by atoms with Crippen molar-refractivity contribution in [2.24, 2.45) is 5.14 Å². The molecule has 0 aliphatic heterocycles. The molecule has 2 aromatic carbocycles. The Morgan fingerprint density at radius 1 is 1.27 bits per heavy atom. The van der Waals surface area contributed by atoms with Crippen LogP contribution in [0.15, 0.2) is 52.5 Å². The predicted octanol–water partition coefficient (Wildman–Crippen LogP) is 3.15. The summed E-state index contributed by atoms with van der Waals surface area (Å²) in [5.74, 6) is -0.260. The molecule has 2 N–H and O–H groups in total. The molecule has 1 heterocycles. The Hall–Kier alpha value is -2.43. The summed E-state index contributed by atoms with van der Waals surface area (Å²) in [6.07, 6.45) is 0. The fourth-order valence-electron chi connectivity index (χ4n) is 3.09. The van der Waals surface area contributed by atoms with Crippen LogP contribution in [0.25, 0.3) is 11.0 Å². The second-order valence-electron chi connectivity index (χ2n) is 6.86. The number of primary sulfonamides is 1. The molecule has 30 heavy (non-hydrogen) atoms. The number of benzene rings is 2. The Bertz CT molecular complexity index is 1180. The number of nitrogens with zero attached hydrogens (tertiary/aromatic N) is 3. The summed E-state index contributed by atoms with van der Waals surface area (Å²) in [5, 5.41) is 5.82. The van der Waals surface area contributed by atoms with Crippen molar-refractivity contribution in [2.45, 2.75) is 36.5 Å². The van der Waals surface area contributed by atoms with E-state index >= 15 is 0 Å². The number of amides is 1. The molecule has 0 aliphatic carbocycles. The Kier molecular flexibility index (Phi) is 6.49. The lowest BCUT2D eigenvalue weighted by molar-refractivity contribution is -0.128. The van der Waals surface area contributed by atoms with Gasteiger partial charge in [0.25, 0.3) is 0 Å². The number of aryl methyl sites for hydroxylation is 1. The standard InChI is InChI=1S/C20H23FN4O3S2/c1-4-25-18-10-9-16(30(22,27)28)11-17(18)23-20(25)29-12-19(26)24(3)13(2)14-5-7-15(21)8-6-14/h5-11,13H,4,12H2,1-3H3,(H2,22,27,28). The Balaban J connectivity index is 1.77. The summed E-state index contributed by atoms with van der Waals surface area (Å²) >= 11 is 1.28. The van der Waals surface area contributed by atoms with Crippen LogP contribution in [0.1, 0.15) is 25.5 Å². The summed E-state index contributed by atoms with van der Waals surface area (Å²) in [7, 11) is -2.11. The van der Waals surface area contributed by atoms with Crippen LogP contribution < -0.4 is 5.14 Å². The Labute approximate surface area is 179 Å². The number of rotatable bonds is 7. The summed E-state index contributed by atoms with van der Waals surface area (Å²) in [4.78, 5) is 18.8. The van der Waals surface area contributed by atoms with Gasteiger partial charge in [-0.1, -0.05) is 23.9 Å². The lowest BCUT2D eigenvalue weighted by Crippen LogP contribution is -2.31. The maximum absolute atomic E-state index is 13.1. The summed E-state index contributed by atoms with van der Waals surface area (Å²) < 4.78 is 38.2. The first kappa shape index (κ1) is 22.3. The van der Waals surface area contributed by atoms with Crippen LogP contribution in [0.5, 0.6) is 0 Å². The molecule has 0 radical (unpaired) electrons. The molecule has 1 unspecified atom stereocenters. The molecule has 0 aliphatic rings. The topological polar surface area (TPSA) is 98.3 Å². The van der Waals surface area contributed by atoms with Crippen LogP contribution in [0.4, 0.5) is 4.39 Å². The molecule has 1 atom stereocenters. The number of carbonyl (C=O) groups is 1. The second kappa shape index (κ2) is 8.75. The van der Waals surface area contributed by atoms with Crippen molar-refractivity contribution < 1.29 is 17.6 Å². The number of imidazole rings is 1. The van der Waals surface area contributed by atoms with E-state index in [-0.39, 0.29) is 28.4 Å². The van der Waals surface area contributed by atoms with Crippen LogP contribution in [0.3, 0.4) is 0 Å². The fourth-order valence-corrected chi connectivity index (χ4v) is 4.63. The van der Waals surface area contributed by atoms with Crippen LogP contribution in [-0.2, 0) is 21.4 Å². The van der Waals surface area contributed by atoms with Crippen LogP contribution >= 0.6 is 11.8 Å². The van der Waals surface area contributed by atoms with Gasteiger partial charge in [-0.2, -0.15) is 0 Å². The zero-order valence-electron chi connectivity index (χ0n) is 16.9. The number of aromatic nitrogens is 2. The quantitative estimate of drug-likeness (QED) is 0.558. The van der Waals surface area contributed by atoms with E-state index in [1.807, 2.05) is 18.4 Å². The van der Waals surface area contributed by atoms with Crippen molar-refractivity contribution in [2.75, 3.05) is 12.8 Å². The lowest BCUT2D eigenvalue weighted by atomic mass is 10.1. The molecule has 3 aromatic rings. The van der Waals surface area contributed by atoms with E-state index < -0.39 is 10.0 Å². The van der Waals surface area contributed by atoms with E-state index in [9.17, 15) is 17.6 Å². The zero-order valence-corrected chi connectivity index (χ0v) is 18.5. The minimum atomic E-state index is -3.82.